The number of piperazine rings is 1. The second kappa shape index (κ2) is 6.91. The lowest BCUT2D eigenvalue weighted by atomic mass is 9.98. The molecule has 0 saturated carbocycles. The summed E-state index contributed by atoms with van der Waals surface area (Å²) in [5, 5.41) is 10.3. The molecule has 1 saturated heterocycles. The van der Waals surface area contributed by atoms with Crippen LogP contribution in [0.3, 0.4) is 0 Å². The van der Waals surface area contributed by atoms with Gasteiger partial charge in [0, 0.05) is 37.4 Å². The van der Waals surface area contributed by atoms with Crippen LogP contribution in [0.15, 0.2) is 60.9 Å². The topological polar surface area (TPSA) is 61.0 Å². The van der Waals surface area contributed by atoms with E-state index in [0.717, 1.165) is 37.2 Å². The average molecular weight is 332 g/mol. The van der Waals surface area contributed by atoms with Gasteiger partial charge < -0.3 is 10.2 Å². The van der Waals surface area contributed by atoms with Crippen molar-refractivity contribution < 1.29 is 4.79 Å². The highest BCUT2D eigenvalue weighted by molar-refractivity contribution is 5.69. The summed E-state index contributed by atoms with van der Waals surface area (Å²) in [7, 11) is 0. The first-order valence-electron chi connectivity index (χ1n) is 8.46. The fourth-order valence-electron chi connectivity index (χ4n) is 3.26. The van der Waals surface area contributed by atoms with Crippen LogP contribution in [0.2, 0.25) is 0 Å². The predicted molar refractivity (Wildman–Crippen MR) is 97.8 cm³/mol. The molecule has 2 aromatic carbocycles. The predicted octanol–water partition coefficient (Wildman–Crippen LogP) is 2.85. The van der Waals surface area contributed by atoms with Crippen LogP contribution in [0.25, 0.3) is 22.3 Å². The van der Waals surface area contributed by atoms with Crippen molar-refractivity contribution in [1.82, 2.24) is 20.4 Å². The summed E-state index contributed by atoms with van der Waals surface area (Å²) in [6, 6.07) is 17.3. The Hall–Kier alpha value is -2.92. The SMILES string of the molecule is O=CN1CCNC(c2ccc(-c3ccc(-c4cn[nH]c4)cc3)cc2)C1. The van der Waals surface area contributed by atoms with Crippen LogP contribution >= 0.6 is 0 Å². The maximum absolute atomic E-state index is 11.0. The number of carbonyl (C=O) groups excluding carboxylic acids is 1. The molecule has 25 heavy (non-hydrogen) atoms. The smallest absolute Gasteiger partial charge is 0.209 e. The molecule has 1 atom stereocenters. The first-order chi connectivity index (χ1) is 12.3. The number of H-pyrrole nitrogens is 1. The fraction of sp³-hybridized carbons (Fsp3) is 0.200. The van der Waals surface area contributed by atoms with E-state index in [-0.39, 0.29) is 6.04 Å². The third-order valence-electron chi connectivity index (χ3n) is 4.72. The van der Waals surface area contributed by atoms with E-state index < -0.39 is 0 Å². The van der Waals surface area contributed by atoms with Gasteiger partial charge in [-0.25, -0.2) is 0 Å². The van der Waals surface area contributed by atoms with Crippen molar-refractivity contribution in [2.45, 2.75) is 6.04 Å². The van der Waals surface area contributed by atoms with Gasteiger partial charge in [0.25, 0.3) is 0 Å². The molecule has 2 N–H and O–H groups in total. The Kier molecular flexibility index (Phi) is 4.31. The maximum atomic E-state index is 11.0. The zero-order chi connectivity index (χ0) is 17.1. The highest BCUT2D eigenvalue weighted by Crippen LogP contribution is 2.26. The fourth-order valence-corrected chi connectivity index (χ4v) is 3.26. The number of amides is 1. The van der Waals surface area contributed by atoms with E-state index in [0.29, 0.717) is 0 Å². The van der Waals surface area contributed by atoms with E-state index in [9.17, 15) is 4.79 Å². The van der Waals surface area contributed by atoms with Crippen molar-refractivity contribution in [1.29, 1.82) is 0 Å². The van der Waals surface area contributed by atoms with E-state index >= 15 is 0 Å². The molecular weight excluding hydrogens is 312 g/mol. The molecule has 126 valence electrons. The second-order valence-electron chi connectivity index (χ2n) is 6.29. The first-order valence-corrected chi connectivity index (χ1v) is 8.46. The molecule has 2 heterocycles. The van der Waals surface area contributed by atoms with E-state index in [1.165, 1.54) is 16.7 Å². The largest absolute Gasteiger partial charge is 0.342 e. The number of nitrogens with one attached hydrogen (secondary N) is 2. The molecule has 1 unspecified atom stereocenters. The summed E-state index contributed by atoms with van der Waals surface area (Å²) >= 11 is 0. The van der Waals surface area contributed by atoms with Crippen LogP contribution < -0.4 is 5.32 Å². The summed E-state index contributed by atoms with van der Waals surface area (Å²) in [4.78, 5) is 12.8. The van der Waals surface area contributed by atoms with Gasteiger partial charge in [-0.05, 0) is 22.3 Å². The lowest BCUT2D eigenvalue weighted by molar-refractivity contribution is -0.119. The van der Waals surface area contributed by atoms with Crippen LogP contribution in [0.4, 0.5) is 0 Å². The molecule has 0 bridgehead atoms. The average Bonchev–Trinajstić information content (AvgIpc) is 3.23. The van der Waals surface area contributed by atoms with Crippen molar-refractivity contribution in [3.63, 3.8) is 0 Å². The normalized spacial score (nSPS) is 17.4. The summed E-state index contributed by atoms with van der Waals surface area (Å²) in [5.41, 5.74) is 5.82. The molecule has 1 aliphatic rings. The zero-order valence-corrected chi connectivity index (χ0v) is 13.9. The lowest BCUT2D eigenvalue weighted by Crippen LogP contribution is -2.44. The molecule has 1 aliphatic heterocycles. The van der Waals surface area contributed by atoms with Gasteiger partial charge in [-0.1, -0.05) is 48.5 Å². The van der Waals surface area contributed by atoms with Gasteiger partial charge >= 0.3 is 0 Å². The zero-order valence-electron chi connectivity index (χ0n) is 13.9. The van der Waals surface area contributed by atoms with Gasteiger partial charge in [-0.2, -0.15) is 5.10 Å². The highest BCUT2D eigenvalue weighted by Gasteiger charge is 2.19. The van der Waals surface area contributed by atoms with Crippen LogP contribution in [0.5, 0.6) is 0 Å². The van der Waals surface area contributed by atoms with E-state index in [1.807, 2.05) is 17.3 Å². The summed E-state index contributed by atoms with van der Waals surface area (Å²) in [5.74, 6) is 0. The van der Waals surface area contributed by atoms with Crippen molar-refractivity contribution >= 4 is 6.41 Å². The Morgan fingerprint density at radius 3 is 2.20 bits per heavy atom. The van der Waals surface area contributed by atoms with Crippen LogP contribution in [0.1, 0.15) is 11.6 Å². The molecule has 1 fully saturated rings. The molecule has 5 nitrogen and oxygen atoms in total. The van der Waals surface area contributed by atoms with Gasteiger partial charge in [-0.3, -0.25) is 9.89 Å². The van der Waals surface area contributed by atoms with Gasteiger partial charge in [0.15, 0.2) is 0 Å². The Balaban J connectivity index is 1.51. The molecule has 3 aromatic rings. The minimum atomic E-state index is 0.205. The molecule has 0 spiro atoms. The molecule has 1 aromatic heterocycles. The number of benzene rings is 2. The molecular formula is C20H20N4O. The van der Waals surface area contributed by atoms with Crippen molar-refractivity contribution in [2.24, 2.45) is 0 Å². The molecule has 5 heteroatoms. The highest BCUT2D eigenvalue weighted by atomic mass is 16.1. The first kappa shape index (κ1) is 15.6. The summed E-state index contributed by atoms with van der Waals surface area (Å²) < 4.78 is 0. The molecule has 0 aliphatic carbocycles. The monoisotopic (exact) mass is 332 g/mol. The second-order valence-corrected chi connectivity index (χ2v) is 6.29. The Morgan fingerprint density at radius 1 is 0.960 bits per heavy atom. The number of hydrogen-bond acceptors (Lipinski definition) is 3. The minimum absolute atomic E-state index is 0.205. The third-order valence-corrected chi connectivity index (χ3v) is 4.72. The number of nitrogens with zero attached hydrogens (tertiary/aromatic N) is 2. The van der Waals surface area contributed by atoms with E-state index in [4.69, 9.17) is 0 Å². The lowest BCUT2D eigenvalue weighted by Gasteiger charge is -2.31. The standard InChI is InChI=1S/C20H20N4O/c25-14-24-10-9-21-20(13-24)18-7-5-16(6-8-18)15-1-3-17(4-2-15)19-11-22-23-12-19/h1-8,11-12,14,20-21H,9-10,13H2,(H,22,23). The number of aromatic nitrogens is 2. The van der Waals surface area contributed by atoms with Crippen molar-refractivity contribution in [3.05, 3.63) is 66.5 Å². The van der Waals surface area contributed by atoms with E-state index in [1.54, 1.807) is 0 Å². The minimum Gasteiger partial charge on any atom is -0.342 e. The van der Waals surface area contributed by atoms with E-state index in [2.05, 4.69) is 64.0 Å². The molecule has 0 radical (unpaired) electrons. The van der Waals surface area contributed by atoms with Crippen molar-refractivity contribution in [2.75, 3.05) is 19.6 Å². The maximum Gasteiger partial charge on any atom is 0.209 e. The van der Waals surface area contributed by atoms with Crippen LogP contribution in [-0.2, 0) is 4.79 Å². The van der Waals surface area contributed by atoms with Gasteiger partial charge in [0.2, 0.25) is 6.41 Å². The van der Waals surface area contributed by atoms with Gasteiger partial charge in [0.05, 0.1) is 6.20 Å². The quantitative estimate of drug-likeness (QED) is 0.722. The number of hydrogen-bond donors (Lipinski definition) is 2. The number of rotatable bonds is 4. The van der Waals surface area contributed by atoms with Gasteiger partial charge in [-0.15, -0.1) is 0 Å². The Bertz CT molecular complexity index is 825. The molecule has 1 amide bonds. The van der Waals surface area contributed by atoms with Crippen molar-refractivity contribution in [3.8, 4) is 22.3 Å². The Labute approximate surface area is 146 Å². The summed E-state index contributed by atoms with van der Waals surface area (Å²) in [6.45, 7) is 2.34. The van der Waals surface area contributed by atoms with Crippen LogP contribution in [-0.4, -0.2) is 41.1 Å². The number of aromatic amines is 1. The Morgan fingerprint density at radius 2 is 1.60 bits per heavy atom. The summed E-state index contributed by atoms with van der Waals surface area (Å²) in [6.07, 6.45) is 4.65. The van der Waals surface area contributed by atoms with Gasteiger partial charge in [0.1, 0.15) is 0 Å². The number of carbonyl (C=O) groups is 1. The third kappa shape index (κ3) is 3.32. The molecule has 4 rings (SSSR count). The van der Waals surface area contributed by atoms with Crippen LogP contribution in [0, 0.1) is 0 Å².